The van der Waals surface area contributed by atoms with Crippen molar-refractivity contribution in [1.82, 2.24) is 4.57 Å². The second kappa shape index (κ2) is 13.8. The first-order valence-corrected chi connectivity index (χ1v) is 25.0. The zero-order valence-electron chi connectivity index (χ0n) is 39.6. The monoisotopic (exact) mass is 898 g/mol. The van der Waals surface area contributed by atoms with Crippen molar-refractivity contribution < 1.29 is 8.83 Å². The largest absolute Gasteiger partial charge is 0.456 e. The minimum atomic E-state index is 0.0643. The van der Waals surface area contributed by atoms with Gasteiger partial charge in [-0.2, -0.15) is 0 Å². The third kappa shape index (κ3) is 5.86. The molecule has 68 heavy (non-hydrogen) atoms. The van der Waals surface area contributed by atoms with Gasteiger partial charge in [-0.25, -0.2) is 0 Å². The van der Waals surface area contributed by atoms with Gasteiger partial charge in [-0.3, -0.25) is 0 Å². The van der Waals surface area contributed by atoms with Gasteiger partial charge in [-0.1, -0.05) is 127 Å². The Bertz CT molecular complexity index is 4120. The minimum Gasteiger partial charge on any atom is -0.456 e. The number of anilines is 2. The van der Waals surface area contributed by atoms with E-state index in [9.17, 15) is 0 Å². The quantitative estimate of drug-likeness (QED) is 0.179. The maximum absolute atomic E-state index is 6.69. The Kier molecular flexibility index (Phi) is 8.13. The van der Waals surface area contributed by atoms with Crippen LogP contribution in [0.15, 0.2) is 154 Å². The topological polar surface area (TPSA) is 43.2 Å². The molecule has 0 atom stereocenters. The number of aromatic nitrogens is 1. The van der Waals surface area contributed by atoms with Crippen molar-refractivity contribution in [3.8, 4) is 28.1 Å². The van der Waals surface area contributed by atoms with Crippen LogP contribution in [-0.2, 0) is 16.2 Å². The van der Waals surface area contributed by atoms with Crippen LogP contribution >= 0.6 is 11.3 Å². The molecule has 0 fully saturated rings. The van der Waals surface area contributed by atoms with E-state index >= 15 is 0 Å². The first-order valence-electron chi connectivity index (χ1n) is 24.2. The van der Waals surface area contributed by atoms with Gasteiger partial charge in [0.25, 0.3) is 0 Å². The van der Waals surface area contributed by atoms with Crippen molar-refractivity contribution in [2.24, 2.45) is 0 Å². The standard InChI is InChI=1S/C62H51BN2O2S/c1-60(2,3)36-17-19-37(20-18-36)64-49-32-57-44(45-29-46-47(30-56(45)68-57)62(6,7)24-23-61(46,4)5)27-41(49)39-21-22-40-42-28-43-38-15-11-12-16-52(38)66-55(43)33-50(42)65-51-25-35-26-53(34-13-9-8-10-14-34)67-54(35)31-48(51)63-58(39)59(40)65/h8-22,25-33,63-64H,23-24H2,1-7H3. The summed E-state index contributed by atoms with van der Waals surface area (Å²) in [6.07, 6.45) is 2.38. The molecule has 0 saturated heterocycles. The molecule has 0 spiro atoms. The highest BCUT2D eigenvalue weighted by molar-refractivity contribution is 7.25. The Hall–Kier alpha value is -7.02. The summed E-state index contributed by atoms with van der Waals surface area (Å²) >= 11 is 1.93. The van der Waals surface area contributed by atoms with Crippen molar-refractivity contribution in [1.29, 1.82) is 0 Å². The van der Waals surface area contributed by atoms with Crippen LogP contribution in [0.4, 0.5) is 11.4 Å². The normalized spacial score (nSPS) is 15.2. The van der Waals surface area contributed by atoms with Gasteiger partial charge in [0.2, 0.25) is 0 Å². The third-order valence-electron chi connectivity index (χ3n) is 15.8. The molecule has 0 unspecified atom stereocenters. The van der Waals surface area contributed by atoms with E-state index in [2.05, 4.69) is 204 Å². The average molecular weight is 899 g/mol. The summed E-state index contributed by atoms with van der Waals surface area (Å²) in [5, 5.41) is 12.5. The van der Waals surface area contributed by atoms with Crippen molar-refractivity contribution >= 4 is 116 Å². The molecule has 0 saturated carbocycles. The maximum atomic E-state index is 6.69. The number of hydrogen-bond donors (Lipinski definition) is 1. The summed E-state index contributed by atoms with van der Waals surface area (Å²) in [4.78, 5) is 0. The van der Waals surface area contributed by atoms with Crippen molar-refractivity contribution in [3.05, 3.63) is 162 Å². The number of furan rings is 2. The van der Waals surface area contributed by atoms with Gasteiger partial charge in [0.05, 0.1) is 5.52 Å². The zero-order chi connectivity index (χ0) is 46.0. The van der Waals surface area contributed by atoms with Crippen molar-refractivity contribution in [2.75, 3.05) is 5.32 Å². The molecule has 8 aromatic carbocycles. The predicted octanol–water partition coefficient (Wildman–Crippen LogP) is 16.2. The molecular formula is C62H51BN2O2S. The molecule has 5 heterocycles. The van der Waals surface area contributed by atoms with Crippen LogP contribution in [0.2, 0.25) is 0 Å². The SMILES string of the molecule is CC(C)(C)c1ccc(Nc2cc3sc4cc5c(cc4c3cc2-c2ccc3c4cc6c(cc4n4c3c2Bc2cc3oc(-c7ccccc7)cc3cc2-4)oc2ccccc26)C(C)(C)CCC5(C)C)cc1. The lowest BCUT2D eigenvalue weighted by Gasteiger charge is -2.41. The molecule has 330 valence electrons. The maximum Gasteiger partial charge on any atom is 0.198 e. The fourth-order valence-corrected chi connectivity index (χ4v) is 13.0. The number of para-hydroxylation sites is 1. The molecule has 1 aliphatic carbocycles. The molecule has 14 rings (SSSR count). The number of fused-ring (bicyclic) bond motifs is 13. The Morgan fingerprint density at radius 3 is 2.12 bits per heavy atom. The van der Waals surface area contributed by atoms with Gasteiger partial charge in [-0.15, -0.1) is 11.3 Å². The minimum absolute atomic E-state index is 0.0643. The van der Waals surface area contributed by atoms with Crippen LogP contribution in [0.1, 0.15) is 78.0 Å². The molecule has 4 aromatic heterocycles. The van der Waals surface area contributed by atoms with Gasteiger partial charge in [0, 0.05) is 86.9 Å². The van der Waals surface area contributed by atoms with Crippen LogP contribution in [0, 0.1) is 0 Å². The van der Waals surface area contributed by atoms with Gasteiger partial charge < -0.3 is 18.7 Å². The summed E-state index contributed by atoms with van der Waals surface area (Å²) in [5.41, 5.74) is 19.2. The fraction of sp³-hybridized carbons (Fsp3) is 0.194. The number of hydrogen-bond acceptors (Lipinski definition) is 4. The number of nitrogens with zero attached hydrogens (tertiary/aromatic N) is 1. The molecule has 0 radical (unpaired) electrons. The highest BCUT2D eigenvalue weighted by atomic mass is 32.1. The molecule has 0 bridgehead atoms. The van der Waals surface area contributed by atoms with Crippen LogP contribution in [0.5, 0.6) is 0 Å². The van der Waals surface area contributed by atoms with Crippen LogP contribution in [-0.4, -0.2) is 11.8 Å². The smallest absolute Gasteiger partial charge is 0.198 e. The van der Waals surface area contributed by atoms with Crippen molar-refractivity contribution in [3.63, 3.8) is 0 Å². The molecule has 1 aliphatic heterocycles. The first kappa shape index (κ1) is 40.1. The number of thiophene rings is 1. The predicted molar refractivity (Wildman–Crippen MR) is 292 cm³/mol. The highest BCUT2D eigenvalue weighted by Crippen LogP contribution is 2.51. The summed E-state index contributed by atoms with van der Waals surface area (Å²) in [6, 6.07) is 54.2. The second-order valence-electron chi connectivity index (χ2n) is 22.1. The van der Waals surface area contributed by atoms with E-state index in [0.717, 1.165) is 68.4 Å². The molecule has 4 nitrogen and oxygen atoms in total. The molecule has 0 amide bonds. The average Bonchev–Trinajstić information content (AvgIpc) is 4.09. The van der Waals surface area contributed by atoms with E-state index in [1.807, 2.05) is 11.3 Å². The van der Waals surface area contributed by atoms with Gasteiger partial charge in [0.1, 0.15) is 22.5 Å². The van der Waals surface area contributed by atoms with Gasteiger partial charge >= 0.3 is 0 Å². The Labute approximate surface area is 400 Å². The lowest BCUT2D eigenvalue weighted by Crippen LogP contribution is -2.37. The van der Waals surface area contributed by atoms with Crippen LogP contribution in [0.3, 0.4) is 0 Å². The number of benzene rings is 8. The molecule has 1 N–H and O–H groups in total. The summed E-state index contributed by atoms with van der Waals surface area (Å²) in [5.74, 6) is 0.878. The summed E-state index contributed by atoms with van der Waals surface area (Å²) in [7, 11) is 0.758. The fourth-order valence-electron chi connectivity index (χ4n) is 11.9. The Morgan fingerprint density at radius 1 is 0.588 bits per heavy atom. The van der Waals surface area contributed by atoms with Crippen LogP contribution in [0.25, 0.3) is 103 Å². The van der Waals surface area contributed by atoms with E-state index in [4.69, 9.17) is 8.83 Å². The Morgan fingerprint density at radius 2 is 1.32 bits per heavy atom. The van der Waals surface area contributed by atoms with E-state index in [-0.39, 0.29) is 16.2 Å². The van der Waals surface area contributed by atoms with E-state index < -0.39 is 0 Å². The van der Waals surface area contributed by atoms with Gasteiger partial charge in [-0.05, 0) is 124 Å². The lowest BCUT2D eigenvalue weighted by molar-refractivity contribution is 0.332. The molecule has 6 heteroatoms. The molecule has 12 aromatic rings. The lowest BCUT2D eigenvalue weighted by atomic mass is 9.59. The molecule has 2 aliphatic rings. The zero-order valence-corrected chi connectivity index (χ0v) is 40.5. The van der Waals surface area contributed by atoms with E-state index in [1.165, 1.54) is 93.7 Å². The number of nitrogens with one attached hydrogen (secondary N) is 1. The number of rotatable bonds is 4. The van der Waals surface area contributed by atoms with E-state index in [1.54, 1.807) is 0 Å². The summed E-state index contributed by atoms with van der Waals surface area (Å²) < 4.78 is 18.5. The third-order valence-corrected chi connectivity index (χ3v) is 16.9. The summed E-state index contributed by atoms with van der Waals surface area (Å²) in [6.45, 7) is 16.6. The Balaban J connectivity index is 1.05. The van der Waals surface area contributed by atoms with Crippen LogP contribution < -0.4 is 16.2 Å². The highest BCUT2D eigenvalue weighted by Gasteiger charge is 2.38. The van der Waals surface area contributed by atoms with E-state index in [0.29, 0.717) is 0 Å². The van der Waals surface area contributed by atoms with Crippen molar-refractivity contribution in [2.45, 2.75) is 77.6 Å². The second-order valence-corrected chi connectivity index (χ2v) is 23.2. The van der Waals surface area contributed by atoms with Gasteiger partial charge in [0.15, 0.2) is 7.28 Å². The first-order chi connectivity index (χ1) is 32.8. The molecular weight excluding hydrogens is 848 g/mol.